The van der Waals surface area contributed by atoms with E-state index < -0.39 is 0 Å². The number of nitrogens with one attached hydrogen (secondary N) is 2. The zero-order valence-corrected chi connectivity index (χ0v) is 9.72. The Morgan fingerprint density at radius 1 is 1.33 bits per heavy atom. The summed E-state index contributed by atoms with van der Waals surface area (Å²) in [7, 11) is 1.61. The van der Waals surface area contributed by atoms with Gasteiger partial charge in [-0.3, -0.25) is 0 Å². The Hall–Kier alpha value is -1.51. The molecule has 1 rings (SSSR count). The molecule has 0 fully saturated rings. The van der Waals surface area contributed by atoms with Gasteiger partial charge in [-0.1, -0.05) is 32.0 Å². The van der Waals surface area contributed by atoms with E-state index in [-0.39, 0.29) is 6.03 Å². The highest BCUT2D eigenvalue weighted by Crippen LogP contribution is 2.27. The average molecular weight is 206 g/mol. The molecular weight excluding hydrogens is 188 g/mol. The van der Waals surface area contributed by atoms with Gasteiger partial charge in [-0.25, -0.2) is 4.79 Å². The summed E-state index contributed by atoms with van der Waals surface area (Å²) >= 11 is 0. The van der Waals surface area contributed by atoms with Crippen LogP contribution in [0.25, 0.3) is 0 Å². The summed E-state index contributed by atoms with van der Waals surface area (Å²) in [5.74, 6) is 0.400. The van der Waals surface area contributed by atoms with Crippen molar-refractivity contribution in [1.82, 2.24) is 5.32 Å². The zero-order chi connectivity index (χ0) is 11.4. The molecule has 1 aromatic rings. The maximum Gasteiger partial charge on any atom is 0.318 e. The van der Waals surface area contributed by atoms with E-state index in [4.69, 9.17) is 0 Å². The van der Waals surface area contributed by atoms with E-state index in [2.05, 4.69) is 24.5 Å². The van der Waals surface area contributed by atoms with Crippen LogP contribution in [0.15, 0.2) is 18.2 Å². The first-order chi connectivity index (χ1) is 7.06. The number of amides is 2. The van der Waals surface area contributed by atoms with Crippen molar-refractivity contribution < 1.29 is 4.79 Å². The quantitative estimate of drug-likeness (QED) is 0.767. The Bertz CT molecular complexity index is 359. The second-order valence-electron chi connectivity index (χ2n) is 3.90. The summed E-state index contributed by atoms with van der Waals surface area (Å²) in [5.41, 5.74) is 3.18. The highest BCUT2D eigenvalue weighted by molar-refractivity contribution is 5.90. The van der Waals surface area contributed by atoms with Crippen LogP contribution in [-0.2, 0) is 0 Å². The van der Waals surface area contributed by atoms with Crippen LogP contribution in [0.5, 0.6) is 0 Å². The highest BCUT2D eigenvalue weighted by atomic mass is 16.2. The molecule has 0 radical (unpaired) electrons. The van der Waals surface area contributed by atoms with Crippen LogP contribution in [0.1, 0.15) is 30.9 Å². The van der Waals surface area contributed by atoms with Crippen LogP contribution < -0.4 is 10.6 Å². The molecule has 0 heterocycles. The van der Waals surface area contributed by atoms with Gasteiger partial charge in [0.15, 0.2) is 0 Å². The lowest BCUT2D eigenvalue weighted by molar-refractivity contribution is 0.254. The Kier molecular flexibility index (Phi) is 3.72. The molecule has 0 bridgehead atoms. The maximum absolute atomic E-state index is 11.3. The van der Waals surface area contributed by atoms with Gasteiger partial charge < -0.3 is 10.6 Å². The van der Waals surface area contributed by atoms with Crippen LogP contribution in [0.3, 0.4) is 0 Å². The fraction of sp³-hybridized carbons (Fsp3) is 0.417. The van der Waals surface area contributed by atoms with Crippen molar-refractivity contribution in [1.29, 1.82) is 0 Å². The van der Waals surface area contributed by atoms with Crippen molar-refractivity contribution in [2.75, 3.05) is 12.4 Å². The van der Waals surface area contributed by atoms with Crippen molar-refractivity contribution in [2.24, 2.45) is 0 Å². The molecule has 0 aliphatic heterocycles. The number of urea groups is 1. The van der Waals surface area contributed by atoms with Gasteiger partial charge in [0.2, 0.25) is 0 Å². The minimum absolute atomic E-state index is 0.175. The van der Waals surface area contributed by atoms with Gasteiger partial charge >= 0.3 is 6.03 Å². The molecule has 3 heteroatoms. The Morgan fingerprint density at radius 2 is 2.00 bits per heavy atom. The predicted molar refractivity (Wildman–Crippen MR) is 63.3 cm³/mol. The third kappa shape index (κ3) is 2.72. The smallest absolute Gasteiger partial charge is 0.318 e. The summed E-state index contributed by atoms with van der Waals surface area (Å²) in [6.45, 7) is 6.23. The third-order valence-electron chi connectivity index (χ3n) is 2.39. The van der Waals surface area contributed by atoms with E-state index >= 15 is 0 Å². The Morgan fingerprint density at radius 3 is 2.53 bits per heavy atom. The molecule has 0 aliphatic rings. The van der Waals surface area contributed by atoms with Crippen molar-refractivity contribution in [2.45, 2.75) is 26.7 Å². The zero-order valence-electron chi connectivity index (χ0n) is 9.72. The van der Waals surface area contributed by atoms with Crippen molar-refractivity contribution in [3.63, 3.8) is 0 Å². The van der Waals surface area contributed by atoms with E-state index in [1.54, 1.807) is 7.05 Å². The first-order valence-electron chi connectivity index (χ1n) is 5.14. The van der Waals surface area contributed by atoms with Gasteiger partial charge in [-0.15, -0.1) is 0 Å². The Balaban J connectivity index is 3.07. The number of aryl methyl sites for hydroxylation is 1. The number of rotatable bonds is 2. The van der Waals surface area contributed by atoms with Gasteiger partial charge in [0, 0.05) is 12.7 Å². The second-order valence-corrected chi connectivity index (χ2v) is 3.90. The fourth-order valence-corrected chi connectivity index (χ4v) is 1.52. The molecule has 0 atom stereocenters. The molecule has 0 aliphatic carbocycles. The van der Waals surface area contributed by atoms with Gasteiger partial charge in [0.25, 0.3) is 0 Å². The number of hydrogen-bond acceptors (Lipinski definition) is 1. The molecular formula is C12H18N2O. The minimum Gasteiger partial charge on any atom is -0.341 e. The first kappa shape index (κ1) is 11.6. The minimum atomic E-state index is -0.175. The van der Waals surface area contributed by atoms with E-state index in [9.17, 15) is 4.79 Å². The standard InChI is InChI=1S/C12H18N2O/c1-8(2)10-7-5-6-9(3)11(10)14-12(15)13-4/h5-8H,1-4H3,(H2,13,14,15). The predicted octanol–water partition coefficient (Wildman–Crippen LogP) is 2.87. The molecule has 0 unspecified atom stereocenters. The van der Waals surface area contributed by atoms with Gasteiger partial charge in [0.1, 0.15) is 0 Å². The Labute approximate surface area is 90.9 Å². The summed E-state index contributed by atoms with van der Waals surface area (Å²) in [6.07, 6.45) is 0. The second kappa shape index (κ2) is 4.82. The number of carbonyl (C=O) groups excluding carboxylic acids is 1. The maximum atomic E-state index is 11.3. The molecule has 0 saturated carbocycles. The van der Waals surface area contributed by atoms with Crippen LogP contribution in [0, 0.1) is 6.92 Å². The summed E-state index contributed by atoms with van der Waals surface area (Å²) in [6, 6.07) is 5.88. The van der Waals surface area contributed by atoms with Crippen LogP contribution >= 0.6 is 0 Å². The molecule has 0 spiro atoms. The number of carbonyl (C=O) groups is 1. The summed E-state index contributed by atoms with van der Waals surface area (Å²) in [5, 5.41) is 5.42. The lowest BCUT2D eigenvalue weighted by Gasteiger charge is -2.15. The largest absolute Gasteiger partial charge is 0.341 e. The van der Waals surface area contributed by atoms with E-state index in [0.29, 0.717) is 5.92 Å². The number of para-hydroxylation sites is 1. The highest BCUT2D eigenvalue weighted by Gasteiger charge is 2.10. The fourth-order valence-electron chi connectivity index (χ4n) is 1.52. The molecule has 2 N–H and O–H groups in total. The van der Waals surface area contributed by atoms with Crippen molar-refractivity contribution in [3.8, 4) is 0 Å². The van der Waals surface area contributed by atoms with E-state index in [0.717, 1.165) is 11.3 Å². The normalized spacial score (nSPS) is 10.2. The topological polar surface area (TPSA) is 41.1 Å². The molecule has 82 valence electrons. The first-order valence-corrected chi connectivity index (χ1v) is 5.14. The van der Waals surface area contributed by atoms with Gasteiger partial charge in [0.05, 0.1) is 0 Å². The lowest BCUT2D eigenvalue weighted by Crippen LogP contribution is -2.25. The molecule has 15 heavy (non-hydrogen) atoms. The number of hydrogen-bond donors (Lipinski definition) is 2. The SMILES string of the molecule is CNC(=O)Nc1c(C)cccc1C(C)C. The van der Waals surface area contributed by atoms with E-state index in [1.165, 1.54) is 5.56 Å². The monoisotopic (exact) mass is 206 g/mol. The number of anilines is 1. The van der Waals surface area contributed by atoms with Gasteiger partial charge in [-0.2, -0.15) is 0 Å². The lowest BCUT2D eigenvalue weighted by atomic mass is 9.98. The molecule has 1 aromatic carbocycles. The van der Waals surface area contributed by atoms with Crippen LogP contribution in [0.4, 0.5) is 10.5 Å². The third-order valence-corrected chi connectivity index (χ3v) is 2.39. The molecule has 0 aromatic heterocycles. The van der Waals surface area contributed by atoms with Gasteiger partial charge in [-0.05, 0) is 24.0 Å². The van der Waals surface area contributed by atoms with E-state index in [1.807, 2.05) is 25.1 Å². The summed E-state index contributed by atoms with van der Waals surface area (Å²) in [4.78, 5) is 11.3. The molecule has 0 saturated heterocycles. The molecule has 3 nitrogen and oxygen atoms in total. The molecule has 2 amide bonds. The van der Waals surface area contributed by atoms with Crippen molar-refractivity contribution >= 4 is 11.7 Å². The van der Waals surface area contributed by atoms with Crippen molar-refractivity contribution in [3.05, 3.63) is 29.3 Å². The number of benzene rings is 1. The average Bonchev–Trinajstić information content (AvgIpc) is 2.20. The van der Waals surface area contributed by atoms with Crippen LogP contribution in [0.2, 0.25) is 0 Å². The van der Waals surface area contributed by atoms with Crippen LogP contribution in [-0.4, -0.2) is 13.1 Å². The summed E-state index contributed by atoms with van der Waals surface area (Å²) < 4.78 is 0.